The van der Waals surface area contributed by atoms with Gasteiger partial charge in [0.15, 0.2) is 0 Å². The minimum absolute atomic E-state index is 0.178. The summed E-state index contributed by atoms with van der Waals surface area (Å²) in [5.74, 6) is 0.993. The highest BCUT2D eigenvalue weighted by molar-refractivity contribution is 5.80. The lowest BCUT2D eigenvalue weighted by Crippen LogP contribution is -2.15. The van der Waals surface area contributed by atoms with Gasteiger partial charge in [-0.3, -0.25) is 4.79 Å². The van der Waals surface area contributed by atoms with E-state index < -0.39 is 0 Å². The smallest absolute Gasteiger partial charge is 0.319 e. The maximum Gasteiger partial charge on any atom is 0.319 e. The van der Waals surface area contributed by atoms with Gasteiger partial charge in [-0.25, -0.2) is 4.98 Å². The molecule has 92 valence electrons. The second kappa shape index (κ2) is 5.12. The minimum Gasteiger partial charge on any atom is -0.481 e. The molecule has 2 rings (SSSR count). The van der Waals surface area contributed by atoms with Gasteiger partial charge < -0.3 is 9.47 Å². The summed E-state index contributed by atoms with van der Waals surface area (Å²) in [5.41, 5.74) is 0.904. The molecule has 0 radical (unpaired) electrons. The van der Waals surface area contributed by atoms with Gasteiger partial charge in [0.05, 0.1) is 14.2 Å². The normalized spacial score (nSPS) is 20.1. The summed E-state index contributed by atoms with van der Waals surface area (Å²) in [6.07, 6.45) is 4.87. The molecule has 1 aliphatic carbocycles. The number of carbonyl (C=O) groups excluding carboxylic acids is 1. The Morgan fingerprint density at radius 2 is 2.18 bits per heavy atom. The molecule has 17 heavy (non-hydrogen) atoms. The van der Waals surface area contributed by atoms with Gasteiger partial charge in [-0.15, -0.1) is 0 Å². The fraction of sp³-hybridized carbons (Fsp3) is 0.583. The van der Waals surface area contributed by atoms with Crippen LogP contribution in [-0.2, 0) is 4.79 Å². The van der Waals surface area contributed by atoms with Gasteiger partial charge in [0.2, 0.25) is 5.88 Å². The van der Waals surface area contributed by atoms with Crippen molar-refractivity contribution in [3.8, 4) is 11.9 Å². The van der Waals surface area contributed by atoms with E-state index in [-0.39, 0.29) is 11.9 Å². The summed E-state index contributed by atoms with van der Waals surface area (Å²) in [5, 5.41) is 0. The molecule has 0 bridgehead atoms. The Morgan fingerprint density at radius 3 is 2.82 bits per heavy atom. The summed E-state index contributed by atoms with van der Waals surface area (Å²) in [6.45, 7) is 0. The molecule has 1 saturated carbocycles. The number of rotatable bonds is 3. The lowest BCUT2D eigenvalue weighted by atomic mass is 9.84. The maximum atomic E-state index is 11.5. The highest BCUT2D eigenvalue weighted by Crippen LogP contribution is 2.35. The van der Waals surface area contributed by atoms with Crippen molar-refractivity contribution in [3.05, 3.63) is 11.8 Å². The quantitative estimate of drug-likeness (QED) is 0.799. The van der Waals surface area contributed by atoms with Gasteiger partial charge in [-0.2, -0.15) is 4.98 Å². The van der Waals surface area contributed by atoms with Crippen molar-refractivity contribution in [3.63, 3.8) is 0 Å². The van der Waals surface area contributed by atoms with Crippen LogP contribution in [0.15, 0.2) is 6.20 Å². The van der Waals surface area contributed by atoms with Crippen molar-refractivity contribution < 1.29 is 14.3 Å². The highest BCUT2D eigenvalue weighted by atomic mass is 16.5. The van der Waals surface area contributed by atoms with Crippen molar-refractivity contribution >= 4 is 5.78 Å². The first-order chi connectivity index (χ1) is 8.24. The first-order valence-electron chi connectivity index (χ1n) is 5.71. The number of methoxy groups -OCH3 is 2. The van der Waals surface area contributed by atoms with E-state index in [9.17, 15) is 4.79 Å². The number of carbonyl (C=O) groups is 1. The van der Waals surface area contributed by atoms with Gasteiger partial charge in [0, 0.05) is 24.6 Å². The molecule has 1 heterocycles. The number of Topliss-reactive ketones (excluding diaryl/α,β-unsaturated/α-hetero) is 1. The summed E-state index contributed by atoms with van der Waals surface area (Å²) < 4.78 is 10.2. The van der Waals surface area contributed by atoms with E-state index in [0.717, 1.165) is 18.4 Å². The van der Waals surface area contributed by atoms with Gasteiger partial charge in [-0.1, -0.05) is 0 Å². The standard InChI is InChI=1S/C12H16N2O3/c1-16-11-10(7-13-12(14-11)17-2)8-4-3-5-9(15)6-8/h7-8H,3-6H2,1-2H3. The number of hydrogen-bond donors (Lipinski definition) is 0. The Kier molecular flexibility index (Phi) is 3.56. The van der Waals surface area contributed by atoms with Gasteiger partial charge in [0.1, 0.15) is 5.78 Å². The van der Waals surface area contributed by atoms with Crippen LogP contribution in [-0.4, -0.2) is 30.0 Å². The van der Waals surface area contributed by atoms with E-state index >= 15 is 0 Å². The molecule has 1 atom stereocenters. The molecule has 0 N–H and O–H groups in total. The van der Waals surface area contributed by atoms with E-state index in [2.05, 4.69) is 9.97 Å². The van der Waals surface area contributed by atoms with E-state index in [4.69, 9.17) is 9.47 Å². The van der Waals surface area contributed by atoms with Crippen molar-refractivity contribution in [1.82, 2.24) is 9.97 Å². The maximum absolute atomic E-state index is 11.5. The lowest BCUT2D eigenvalue weighted by Gasteiger charge is -2.22. The predicted octanol–water partition coefficient (Wildman–Crippen LogP) is 1.72. The SMILES string of the molecule is COc1ncc(C2CCCC(=O)C2)c(OC)n1. The molecule has 0 amide bonds. The van der Waals surface area contributed by atoms with Gasteiger partial charge in [0.25, 0.3) is 0 Å². The largest absolute Gasteiger partial charge is 0.481 e. The molecule has 0 spiro atoms. The first-order valence-corrected chi connectivity index (χ1v) is 5.71. The lowest BCUT2D eigenvalue weighted by molar-refractivity contribution is -0.120. The number of hydrogen-bond acceptors (Lipinski definition) is 5. The van der Waals surface area contributed by atoms with E-state index in [1.807, 2.05) is 0 Å². The summed E-state index contributed by atoms with van der Waals surface area (Å²) >= 11 is 0. The molecular formula is C12H16N2O3. The van der Waals surface area contributed by atoms with Crippen molar-refractivity contribution in [2.45, 2.75) is 31.6 Å². The zero-order valence-electron chi connectivity index (χ0n) is 10.1. The number of aromatic nitrogens is 2. The van der Waals surface area contributed by atoms with Crippen LogP contribution in [0.4, 0.5) is 0 Å². The Labute approximate surface area is 100 Å². The molecule has 0 aliphatic heterocycles. The third-order valence-corrected chi connectivity index (χ3v) is 3.06. The van der Waals surface area contributed by atoms with Crippen molar-refractivity contribution in [2.24, 2.45) is 0 Å². The Bertz CT molecular complexity index is 420. The topological polar surface area (TPSA) is 61.3 Å². The molecule has 5 heteroatoms. The van der Waals surface area contributed by atoms with Gasteiger partial charge >= 0.3 is 6.01 Å². The Morgan fingerprint density at radius 1 is 1.35 bits per heavy atom. The molecule has 5 nitrogen and oxygen atoms in total. The van der Waals surface area contributed by atoms with E-state index in [1.54, 1.807) is 13.3 Å². The summed E-state index contributed by atoms with van der Waals surface area (Å²) in [6, 6.07) is 0.285. The van der Waals surface area contributed by atoms with Crippen LogP contribution in [0.1, 0.15) is 37.2 Å². The zero-order valence-corrected chi connectivity index (χ0v) is 10.1. The number of nitrogens with zero attached hydrogens (tertiary/aromatic N) is 2. The Balaban J connectivity index is 2.27. The van der Waals surface area contributed by atoms with Crippen molar-refractivity contribution in [2.75, 3.05) is 14.2 Å². The number of ketones is 1. The molecule has 1 aliphatic rings. The Hall–Kier alpha value is -1.65. The molecule has 0 saturated heterocycles. The third kappa shape index (κ3) is 2.54. The fourth-order valence-corrected chi connectivity index (χ4v) is 2.19. The molecule has 1 aromatic rings. The predicted molar refractivity (Wildman–Crippen MR) is 61.4 cm³/mol. The van der Waals surface area contributed by atoms with Crippen LogP contribution in [0, 0.1) is 0 Å². The summed E-state index contributed by atoms with van der Waals surface area (Å²) in [4.78, 5) is 19.7. The second-order valence-electron chi connectivity index (χ2n) is 4.15. The second-order valence-corrected chi connectivity index (χ2v) is 4.15. The minimum atomic E-state index is 0.178. The molecule has 1 unspecified atom stereocenters. The van der Waals surface area contributed by atoms with Crippen LogP contribution in [0.2, 0.25) is 0 Å². The summed E-state index contributed by atoms with van der Waals surface area (Å²) in [7, 11) is 3.08. The average Bonchev–Trinajstić information content (AvgIpc) is 2.38. The van der Waals surface area contributed by atoms with Gasteiger partial charge in [-0.05, 0) is 18.8 Å². The monoisotopic (exact) mass is 236 g/mol. The highest BCUT2D eigenvalue weighted by Gasteiger charge is 2.25. The third-order valence-electron chi connectivity index (χ3n) is 3.06. The molecule has 0 aromatic carbocycles. The van der Waals surface area contributed by atoms with Crippen LogP contribution >= 0.6 is 0 Å². The molecule has 1 aromatic heterocycles. The van der Waals surface area contributed by atoms with Crippen LogP contribution < -0.4 is 9.47 Å². The number of ether oxygens (including phenoxy) is 2. The van der Waals surface area contributed by atoms with Crippen LogP contribution in [0.3, 0.4) is 0 Å². The average molecular weight is 236 g/mol. The van der Waals surface area contributed by atoms with E-state index in [0.29, 0.717) is 24.5 Å². The molecule has 1 fully saturated rings. The van der Waals surface area contributed by atoms with Crippen molar-refractivity contribution in [1.29, 1.82) is 0 Å². The fourth-order valence-electron chi connectivity index (χ4n) is 2.19. The van der Waals surface area contributed by atoms with E-state index in [1.165, 1.54) is 7.11 Å². The van der Waals surface area contributed by atoms with Crippen LogP contribution in [0.5, 0.6) is 11.9 Å². The first kappa shape index (κ1) is 11.8. The zero-order chi connectivity index (χ0) is 12.3. The van der Waals surface area contributed by atoms with Crippen LogP contribution in [0.25, 0.3) is 0 Å². The molecular weight excluding hydrogens is 220 g/mol.